The second-order valence-corrected chi connectivity index (χ2v) is 11.0. The van der Waals surface area contributed by atoms with Gasteiger partial charge in [0.15, 0.2) is 0 Å². The van der Waals surface area contributed by atoms with Gasteiger partial charge in [-0.1, -0.05) is 31.4 Å². The topological polar surface area (TPSA) is 110 Å². The van der Waals surface area contributed by atoms with Crippen LogP contribution in [-0.4, -0.2) is 59.7 Å². The molecule has 0 radical (unpaired) electrons. The van der Waals surface area contributed by atoms with E-state index >= 15 is 0 Å². The summed E-state index contributed by atoms with van der Waals surface area (Å²) in [6.07, 6.45) is 17.4. The number of hydrogen-bond donors (Lipinski definition) is 3. The third-order valence-corrected chi connectivity index (χ3v) is 8.30. The molecule has 2 fully saturated rings. The molecule has 5 rings (SSSR count). The van der Waals surface area contributed by atoms with Crippen LogP contribution < -0.4 is 5.32 Å². The van der Waals surface area contributed by atoms with Crippen molar-refractivity contribution >= 4 is 11.8 Å². The zero-order valence-corrected chi connectivity index (χ0v) is 22.9. The molecule has 9 nitrogen and oxygen atoms in total. The molecule has 3 aromatic rings. The first kappa shape index (κ1) is 27.1. The molecular weight excluding hydrogens is 490 g/mol. The van der Waals surface area contributed by atoms with Crippen LogP contribution in [0.25, 0.3) is 0 Å². The van der Waals surface area contributed by atoms with Crippen LogP contribution in [-0.2, 0) is 24.4 Å². The number of aromatic nitrogens is 4. The summed E-state index contributed by atoms with van der Waals surface area (Å²) in [5.74, 6) is 1.65. The summed E-state index contributed by atoms with van der Waals surface area (Å²) < 4.78 is 0. The number of aromatic amines is 2. The number of amides is 2. The van der Waals surface area contributed by atoms with Crippen LogP contribution in [0.2, 0.25) is 0 Å². The summed E-state index contributed by atoms with van der Waals surface area (Å²) in [5.41, 5.74) is 1.80. The van der Waals surface area contributed by atoms with Crippen LogP contribution in [0, 0.1) is 0 Å². The third-order valence-electron chi connectivity index (χ3n) is 8.30. The highest BCUT2D eigenvalue weighted by molar-refractivity contribution is 5.94. The van der Waals surface area contributed by atoms with Crippen molar-refractivity contribution in [2.45, 2.75) is 102 Å². The maximum absolute atomic E-state index is 13.4. The van der Waals surface area contributed by atoms with Crippen LogP contribution in [0.15, 0.2) is 49.1 Å². The minimum Gasteiger partial charge on any atom is -0.347 e. The van der Waals surface area contributed by atoms with E-state index in [1.54, 1.807) is 36.6 Å². The number of benzene rings is 1. The van der Waals surface area contributed by atoms with Gasteiger partial charge in [-0.25, -0.2) is 9.97 Å². The number of carbonyl (C=O) groups is 2. The van der Waals surface area contributed by atoms with Gasteiger partial charge in [0, 0.05) is 61.9 Å². The van der Waals surface area contributed by atoms with Gasteiger partial charge in [-0.3, -0.25) is 9.59 Å². The van der Waals surface area contributed by atoms with Gasteiger partial charge in [-0.15, -0.1) is 0 Å². The van der Waals surface area contributed by atoms with E-state index in [9.17, 15) is 9.59 Å². The lowest BCUT2D eigenvalue weighted by Crippen LogP contribution is -2.49. The Balaban J connectivity index is 1.12. The van der Waals surface area contributed by atoms with E-state index in [1.165, 1.54) is 32.1 Å². The zero-order valence-electron chi connectivity index (χ0n) is 22.9. The van der Waals surface area contributed by atoms with Gasteiger partial charge in [0.2, 0.25) is 5.91 Å². The predicted octanol–water partition coefficient (Wildman–Crippen LogP) is 4.56. The van der Waals surface area contributed by atoms with Gasteiger partial charge in [-0.05, 0) is 56.2 Å². The van der Waals surface area contributed by atoms with Gasteiger partial charge >= 0.3 is 0 Å². The maximum atomic E-state index is 13.4. The normalized spacial score (nSPS) is 20.0. The quantitative estimate of drug-likeness (QED) is 0.355. The molecule has 39 heavy (non-hydrogen) atoms. The lowest BCUT2D eigenvalue weighted by atomic mass is 9.86. The Morgan fingerprint density at radius 3 is 1.97 bits per heavy atom. The molecule has 0 atom stereocenters. The summed E-state index contributed by atoms with van der Waals surface area (Å²) >= 11 is 0. The second-order valence-electron chi connectivity index (χ2n) is 11.0. The van der Waals surface area contributed by atoms with E-state index in [0.717, 1.165) is 49.4 Å². The Hall–Kier alpha value is -3.46. The number of H-pyrrole nitrogens is 2. The molecule has 2 aliphatic carbocycles. The number of carbonyl (C=O) groups excluding carboxylic acids is 2. The van der Waals surface area contributed by atoms with E-state index in [2.05, 4.69) is 30.2 Å². The average molecular weight is 532 g/mol. The van der Waals surface area contributed by atoms with Crippen molar-refractivity contribution in [2.75, 3.05) is 0 Å². The average Bonchev–Trinajstić information content (AvgIpc) is 3.68. The van der Waals surface area contributed by atoms with E-state index in [0.29, 0.717) is 36.8 Å². The smallest absolute Gasteiger partial charge is 0.254 e. The third kappa shape index (κ3) is 7.15. The molecule has 2 saturated carbocycles. The Bertz CT molecular complexity index is 1130. The fourth-order valence-corrected chi connectivity index (χ4v) is 6.27. The van der Waals surface area contributed by atoms with Gasteiger partial charge in [0.25, 0.3) is 5.91 Å². The first-order valence-electron chi connectivity index (χ1n) is 14.4. The van der Waals surface area contributed by atoms with Crippen LogP contribution in [0.4, 0.5) is 0 Å². The standard InChI is InChI=1S/C30H41N7O2/c1-22(38)37(26-5-3-2-4-6-26)27-13-11-25(12-14-27)35-19-23-7-9-24(10-8-23)30(39)36(20-28-31-15-16-32-28)21-29-33-17-18-34-29/h7-10,15-18,25-27,35H,2-6,11-14,19-21H2,1H3,(H,31,32)(H,33,34). The van der Waals surface area contributed by atoms with E-state index in [1.807, 2.05) is 24.3 Å². The summed E-state index contributed by atoms with van der Waals surface area (Å²) in [6.45, 7) is 3.27. The van der Waals surface area contributed by atoms with Gasteiger partial charge < -0.3 is 25.1 Å². The fourth-order valence-electron chi connectivity index (χ4n) is 6.27. The molecule has 0 saturated heterocycles. The molecule has 0 unspecified atom stereocenters. The molecular formula is C30H41N7O2. The Kier molecular flexibility index (Phi) is 9.08. The number of hydrogen-bond acceptors (Lipinski definition) is 5. The number of imidazole rings is 2. The molecule has 2 aliphatic rings. The molecule has 2 heterocycles. The minimum absolute atomic E-state index is 0.0615. The number of rotatable bonds is 10. The fraction of sp³-hybridized carbons (Fsp3) is 0.533. The molecule has 0 bridgehead atoms. The van der Waals surface area contributed by atoms with Crippen molar-refractivity contribution in [3.63, 3.8) is 0 Å². The maximum Gasteiger partial charge on any atom is 0.254 e. The van der Waals surface area contributed by atoms with Gasteiger partial charge in [0.1, 0.15) is 11.6 Å². The molecule has 9 heteroatoms. The van der Waals surface area contributed by atoms with Crippen molar-refractivity contribution < 1.29 is 9.59 Å². The first-order chi connectivity index (χ1) is 19.1. The highest BCUT2D eigenvalue weighted by Gasteiger charge is 2.32. The lowest BCUT2D eigenvalue weighted by Gasteiger charge is -2.42. The van der Waals surface area contributed by atoms with Crippen LogP contribution >= 0.6 is 0 Å². The van der Waals surface area contributed by atoms with Crippen LogP contribution in [0.5, 0.6) is 0 Å². The van der Waals surface area contributed by atoms with Gasteiger partial charge in [0.05, 0.1) is 13.1 Å². The number of nitrogens with zero attached hydrogens (tertiary/aromatic N) is 4. The summed E-state index contributed by atoms with van der Waals surface area (Å²) in [6, 6.07) is 9.17. The van der Waals surface area contributed by atoms with Crippen molar-refractivity contribution in [1.29, 1.82) is 0 Å². The molecule has 1 aromatic carbocycles. The molecule has 2 amide bonds. The summed E-state index contributed by atoms with van der Waals surface area (Å²) in [5, 5.41) is 3.71. The largest absolute Gasteiger partial charge is 0.347 e. The van der Waals surface area contributed by atoms with E-state index < -0.39 is 0 Å². The molecule has 208 valence electrons. The summed E-state index contributed by atoms with van der Waals surface area (Å²) in [4.78, 5) is 44.5. The number of nitrogens with one attached hydrogen (secondary N) is 3. The highest BCUT2D eigenvalue weighted by Crippen LogP contribution is 2.30. The molecule has 2 aromatic heterocycles. The highest BCUT2D eigenvalue weighted by atomic mass is 16.2. The Morgan fingerprint density at radius 2 is 1.44 bits per heavy atom. The molecule has 0 aliphatic heterocycles. The lowest BCUT2D eigenvalue weighted by molar-refractivity contribution is -0.135. The van der Waals surface area contributed by atoms with E-state index in [-0.39, 0.29) is 11.8 Å². The second kappa shape index (κ2) is 13.1. The first-order valence-corrected chi connectivity index (χ1v) is 14.4. The van der Waals surface area contributed by atoms with E-state index in [4.69, 9.17) is 0 Å². The van der Waals surface area contributed by atoms with Crippen LogP contribution in [0.1, 0.15) is 92.3 Å². The molecule has 0 spiro atoms. The van der Waals surface area contributed by atoms with Gasteiger partial charge in [-0.2, -0.15) is 0 Å². The van der Waals surface area contributed by atoms with Crippen molar-refractivity contribution in [2.24, 2.45) is 0 Å². The Labute approximate surface area is 230 Å². The summed E-state index contributed by atoms with van der Waals surface area (Å²) in [7, 11) is 0. The van der Waals surface area contributed by atoms with Crippen molar-refractivity contribution in [3.8, 4) is 0 Å². The molecule has 3 N–H and O–H groups in total. The monoisotopic (exact) mass is 531 g/mol. The van der Waals surface area contributed by atoms with Crippen molar-refractivity contribution in [3.05, 3.63) is 71.8 Å². The predicted molar refractivity (Wildman–Crippen MR) is 149 cm³/mol. The SMILES string of the molecule is CC(=O)N(C1CCCCC1)C1CCC(NCc2ccc(C(=O)N(Cc3ncc[nH]3)Cc3ncc[nH]3)cc2)CC1. The zero-order chi connectivity index (χ0) is 27.0. The Morgan fingerprint density at radius 1 is 0.846 bits per heavy atom. The van der Waals surface area contributed by atoms with Crippen LogP contribution in [0.3, 0.4) is 0 Å². The van der Waals surface area contributed by atoms with Crippen molar-refractivity contribution in [1.82, 2.24) is 35.1 Å². The minimum atomic E-state index is -0.0615.